The molecule has 0 saturated heterocycles. The molecule has 0 fully saturated rings. The quantitative estimate of drug-likeness (QED) is 0.412. The van der Waals surface area contributed by atoms with Crippen molar-refractivity contribution in [3.05, 3.63) is 63.1 Å². The molecule has 2 aromatic carbocycles. The van der Waals surface area contributed by atoms with Gasteiger partial charge in [0.25, 0.3) is 5.91 Å². The number of unbranched alkanes of at least 4 members (excludes halogenated alkanes) is 1. The number of rotatable bonds is 11. The number of hydrogen-bond acceptors (Lipinski definition) is 3. The van der Waals surface area contributed by atoms with E-state index in [0.29, 0.717) is 33.8 Å². The fourth-order valence-corrected chi connectivity index (χ4v) is 3.55. The zero-order chi connectivity index (χ0) is 22.8. The zero-order valence-corrected chi connectivity index (χ0v) is 19.9. The second-order valence-electron chi connectivity index (χ2n) is 7.08. The van der Waals surface area contributed by atoms with Crippen LogP contribution < -0.4 is 10.1 Å². The van der Waals surface area contributed by atoms with Gasteiger partial charge in [0.1, 0.15) is 11.8 Å². The van der Waals surface area contributed by atoms with Crippen LogP contribution in [0.5, 0.6) is 5.75 Å². The first-order valence-corrected chi connectivity index (χ1v) is 11.4. The summed E-state index contributed by atoms with van der Waals surface area (Å²) in [5.74, 6) is -0.0218. The Morgan fingerprint density at radius 3 is 2.48 bits per heavy atom. The van der Waals surface area contributed by atoms with Crippen molar-refractivity contribution in [3.8, 4) is 5.75 Å². The highest BCUT2D eigenvalue weighted by Gasteiger charge is 2.29. The first-order chi connectivity index (χ1) is 14.8. The van der Waals surface area contributed by atoms with Crippen LogP contribution in [0.4, 0.5) is 0 Å². The standard InChI is InChI=1S/C23H27Cl3N2O3/c1-3-5-11-27-23(30)21(4-2)28(14-16-9-10-19(25)20(26)12-16)22(29)15-31-18-8-6-7-17(24)13-18/h6-10,12-13,21H,3-5,11,14-15H2,1-2H3,(H,27,30)/t21-/m1/s1. The average molecular weight is 486 g/mol. The normalized spacial score (nSPS) is 11.6. The van der Waals surface area contributed by atoms with E-state index in [2.05, 4.69) is 12.2 Å². The smallest absolute Gasteiger partial charge is 0.261 e. The second-order valence-corrected chi connectivity index (χ2v) is 8.34. The van der Waals surface area contributed by atoms with Crippen LogP contribution in [0.2, 0.25) is 15.1 Å². The summed E-state index contributed by atoms with van der Waals surface area (Å²) in [5.41, 5.74) is 0.769. The Bertz CT molecular complexity index is 892. The summed E-state index contributed by atoms with van der Waals surface area (Å²) in [6, 6.07) is 11.3. The Balaban J connectivity index is 2.20. The Morgan fingerprint density at radius 1 is 1.06 bits per heavy atom. The van der Waals surface area contributed by atoms with Crippen molar-refractivity contribution >= 4 is 46.6 Å². The third kappa shape index (κ3) is 7.91. The molecule has 8 heteroatoms. The molecule has 31 heavy (non-hydrogen) atoms. The van der Waals surface area contributed by atoms with Crippen molar-refractivity contribution in [2.24, 2.45) is 0 Å². The fraction of sp³-hybridized carbons (Fsp3) is 0.391. The van der Waals surface area contributed by atoms with Gasteiger partial charge in [-0.2, -0.15) is 0 Å². The maximum absolute atomic E-state index is 13.1. The molecule has 0 saturated carbocycles. The van der Waals surface area contributed by atoms with Gasteiger partial charge in [-0.25, -0.2) is 0 Å². The van der Waals surface area contributed by atoms with Crippen LogP contribution in [0.1, 0.15) is 38.7 Å². The third-order valence-electron chi connectivity index (χ3n) is 4.71. The molecule has 1 atom stereocenters. The highest BCUT2D eigenvalue weighted by molar-refractivity contribution is 6.42. The van der Waals surface area contributed by atoms with Gasteiger partial charge in [0.15, 0.2) is 6.61 Å². The Hall–Kier alpha value is -1.95. The monoisotopic (exact) mass is 484 g/mol. The average Bonchev–Trinajstić information content (AvgIpc) is 2.74. The lowest BCUT2D eigenvalue weighted by molar-refractivity contribution is -0.143. The second kappa shape index (κ2) is 12.8. The van der Waals surface area contributed by atoms with Crippen molar-refractivity contribution in [3.63, 3.8) is 0 Å². The Labute approximate surface area is 198 Å². The molecule has 0 spiro atoms. The van der Waals surface area contributed by atoms with Gasteiger partial charge >= 0.3 is 0 Å². The van der Waals surface area contributed by atoms with Crippen molar-refractivity contribution in [2.45, 2.75) is 45.7 Å². The molecule has 0 radical (unpaired) electrons. The maximum atomic E-state index is 13.1. The number of amides is 2. The summed E-state index contributed by atoms with van der Waals surface area (Å²) in [5, 5.41) is 4.25. The zero-order valence-electron chi connectivity index (χ0n) is 17.7. The largest absolute Gasteiger partial charge is 0.484 e. The van der Waals surface area contributed by atoms with Crippen LogP contribution in [-0.4, -0.2) is 35.9 Å². The van der Waals surface area contributed by atoms with E-state index in [4.69, 9.17) is 39.5 Å². The lowest BCUT2D eigenvalue weighted by atomic mass is 10.1. The molecular formula is C23H27Cl3N2O3. The van der Waals surface area contributed by atoms with Crippen molar-refractivity contribution in [1.82, 2.24) is 10.2 Å². The van der Waals surface area contributed by atoms with E-state index in [0.717, 1.165) is 18.4 Å². The predicted octanol–water partition coefficient (Wildman–Crippen LogP) is 5.75. The summed E-state index contributed by atoms with van der Waals surface area (Å²) in [6.07, 6.45) is 2.31. The number of carbonyl (C=O) groups is 2. The first-order valence-electron chi connectivity index (χ1n) is 10.2. The molecule has 0 aliphatic heterocycles. The van der Waals surface area contributed by atoms with E-state index >= 15 is 0 Å². The minimum atomic E-state index is -0.637. The van der Waals surface area contributed by atoms with Crippen molar-refractivity contribution in [2.75, 3.05) is 13.2 Å². The Morgan fingerprint density at radius 2 is 1.84 bits per heavy atom. The van der Waals surface area contributed by atoms with Crippen LogP contribution >= 0.6 is 34.8 Å². The highest BCUT2D eigenvalue weighted by atomic mass is 35.5. The van der Waals surface area contributed by atoms with E-state index in [9.17, 15) is 9.59 Å². The number of hydrogen-bond donors (Lipinski definition) is 1. The molecule has 0 heterocycles. The fourth-order valence-electron chi connectivity index (χ4n) is 3.05. The number of nitrogens with zero attached hydrogens (tertiary/aromatic N) is 1. The van der Waals surface area contributed by atoms with Crippen LogP contribution in [0.25, 0.3) is 0 Å². The number of benzene rings is 2. The number of nitrogens with one attached hydrogen (secondary N) is 1. The van der Waals surface area contributed by atoms with Gasteiger partial charge in [0.2, 0.25) is 5.91 Å². The van der Waals surface area contributed by atoms with E-state index in [1.807, 2.05) is 6.92 Å². The van der Waals surface area contributed by atoms with Gasteiger partial charge in [-0.3, -0.25) is 9.59 Å². The van der Waals surface area contributed by atoms with E-state index in [-0.39, 0.29) is 25.0 Å². The van der Waals surface area contributed by atoms with Gasteiger partial charge < -0.3 is 15.0 Å². The van der Waals surface area contributed by atoms with Crippen molar-refractivity contribution in [1.29, 1.82) is 0 Å². The number of carbonyl (C=O) groups excluding carboxylic acids is 2. The van der Waals surface area contributed by atoms with E-state index in [1.54, 1.807) is 42.5 Å². The van der Waals surface area contributed by atoms with Crippen LogP contribution in [0.15, 0.2) is 42.5 Å². The number of halogens is 3. The highest BCUT2D eigenvalue weighted by Crippen LogP contribution is 2.24. The van der Waals surface area contributed by atoms with Gasteiger partial charge in [-0.05, 0) is 48.7 Å². The summed E-state index contributed by atoms with van der Waals surface area (Å²) >= 11 is 18.1. The molecule has 0 bridgehead atoms. The molecule has 168 valence electrons. The van der Waals surface area contributed by atoms with Crippen molar-refractivity contribution < 1.29 is 14.3 Å². The SMILES string of the molecule is CCCCNC(=O)[C@@H](CC)N(Cc1ccc(Cl)c(Cl)c1)C(=O)COc1cccc(Cl)c1. The first kappa shape index (κ1) is 25.3. The minimum Gasteiger partial charge on any atom is -0.484 e. The predicted molar refractivity (Wildman–Crippen MR) is 126 cm³/mol. The summed E-state index contributed by atoms with van der Waals surface area (Å²) in [6.45, 7) is 4.47. The molecule has 0 aromatic heterocycles. The molecule has 2 aromatic rings. The van der Waals surface area contributed by atoms with Gasteiger partial charge in [-0.15, -0.1) is 0 Å². The molecular weight excluding hydrogens is 459 g/mol. The van der Waals surface area contributed by atoms with Gasteiger partial charge in [0, 0.05) is 18.1 Å². The summed E-state index contributed by atoms with van der Waals surface area (Å²) < 4.78 is 5.63. The van der Waals surface area contributed by atoms with E-state index in [1.165, 1.54) is 4.90 Å². The molecule has 2 amide bonds. The van der Waals surface area contributed by atoms with Gasteiger partial charge in [-0.1, -0.05) is 67.2 Å². The molecule has 0 unspecified atom stereocenters. The van der Waals surface area contributed by atoms with E-state index < -0.39 is 6.04 Å². The van der Waals surface area contributed by atoms with Gasteiger partial charge in [0.05, 0.1) is 10.0 Å². The lowest BCUT2D eigenvalue weighted by Crippen LogP contribution is -2.50. The molecule has 5 nitrogen and oxygen atoms in total. The third-order valence-corrected chi connectivity index (χ3v) is 5.68. The maximum Gasteiger partial charge on any atom is 0.261 e. The minimum absolute atomic E-state index is 0.188. The Kier molecular flexibility index (Phi) is 10.4. The lowest BCUT2D eigenvalue weighted by Gasteiger charge is -2.30. The number of ether oxygens (including phenoxy) is 1. The van der Waals surface area contributed by atoms with Crippen LogP contribution in [0.3, 0.4) is 0 Å². The molecule has 1 N–H and O–H groups in total. The van der Waals surface area contributed by atoms with Crippen LogP contribution in [0, 0.1) is 0 Å². The topological polar surface area (TPSA) is 58.6 Å². The molecule has 0 aliphatic rings. The molecule has 0 aliphatic carbocycles. The summed E-state index contributed by atoms with van der Waals surface area (Å²) in [7, 11) is 0. The molecule has 2 rings (SSSR count). The van der Waals surface area contributed by atoms with Crippen LogP contribution in [-0.2, 0) is 16.1 Å². The summed E-state index contributed by atoms with van der Waals surface area (Å²) in [4.78, 5) is 27.5.